The van der Waals surface area contributed by atoms with Crippen molar-refractivity contribution in [2.24, 2.45) is 5.92 Å². The maximum atomic E-state index is 16.5. The minimum absolute atomic E-state index is 0.0400. The molecule has 3 heterocycles. The fourth-order valence-corrected chi connectivity index (χ4v) is 10.5. The van der Waals surface area contributed by atoms with Crippen molar-refractivity contribution >= 4 is 29.6 Å². The lowest BCUT2D eigenvalue weighted by Gasteiger charge is -2.46. The summed E-state index contributed by atoms with van der Waals surface area (Å²) in [6.07, 6.45) is -3.13. The molecule has 14 heteroatoms. The fourth-order valence-electron chi connectivity index (χ4n) is 10.5. The van der Waals surface area contributed by atoms with Crippen molar-refractivity contribution in [2.45, 2.75) is 42.3 Å². The number of hydrogen-bond donors (Lipinski definition) is 3. The second-order valence-electron chi connectivity index (χ2n) is 18.0. The first kappa shape index (κ1) is 49.3. The fraction of sp³-hybridized carbons (Fsp3) is 0.276. The number of fused-ring (bicyclic) bond motifs is 3. The first-order chi connectivity index (χ1) is 35.1. The summed E-state index contributed by atoms with van der Waals surface area (Å²) in [5, 5.41) is 24.3. The van der Waals surface area contributed by atoms with Crippen LogP contribution in [0.15, 0.2) is 164 Å². The molecule has 368 valence electrons. The van der Waals surface area contributed by atoms with Gasteiger partial charge in [0.25, 0.3) is 0 Å². The van der Waals surface area contributed by atoms with Crippen LogP contribution in [0.5, 0.6) is 5.75 Å². The highest BCUT2D eigenvalue weighted by atomic mass is 16.6. The number of cyclic esters (lactones) is 1. The average Bonchev–Trinajstić information content (AvgIpc) is 3.87. The van der Waals surface area contributed by atoms with Gasteiger partial charge in [-0.3, -0.25) is 24.2 Å². The van der Waals surface area contributed by atoms with Gasteiger partial charge >= 0.3 is 12.1 Å². The van der Waals surface area contributed by atoms with Crippen molar-refractivity contribution in [3.05, 3.63) is 203 Å². The highest BCUT2D eigenvalue weighted by Gasteiger charge is 2.75. The van der Waals surface area contributed by atoms with E-state index in [1.165, 1.54) is 7.11 Å². The van der Waals surface area contributed by atoms with E-state index in [4.69, 9.17) is 18.9 Å². The van der Waals surface area contributed by atoms with E-state index in [1.807, 2.05) is 109 Å². The predicted octanol–water partition coefficient (Wildman–Crippen LogP) is 6.84. The topological polar surface area (TPSA) is 167 Å². The molecule has 7 atom stereocenters. The van der Waals surface area contributed by atoms with Crippen LogP contribution in [-0.4, -0.2) is 104 Å². The van der Waals surface area contributed by atoms with Gasteiger partial charge in [-0.15, -0.1) is 0 Å². The lowest BCUT2D eigenvalue weighted by Crippen LogP contribution is -2.56. The number of aliphatic hydroxyl groups is 2. The van der Waals surface area contributed by atoms with Crippen molar-refractivity contribution in [1.29, 1.82) is 0 Å². The van der Waals surface area contributed by atoms with Crippen LogP contribution in [0.25, 0.3) is 0 Å². The van der Waals surface area contributed by atoms with Gasteiger partial charge in [0, 0.05) is 25.8 Å². The molecule has 3 aliphatic rings. The van der Waals surface area contributed by atoms with Gasteiger partial charge in [0.2, 0.25) is 11.8 Å². The van der Waals surface area contributed by atoms with E-state index in [-0.39, 0.29) is 44.2 Å². The van der Waals surface area contributed by atoms with E-state index in [9.17, 15) is 15.0 Å². The first-order valence-electron chi connectivity index (χ1n) is 23.9. The molecule has 3 N–H and O–H groups in total. The van der Waals surface area contributed by atoms with Crippen LogP contribution in [0.4, 0.5) is 10.5 Å². The molecule has 3 aliphatic heterocycles. The molecule has 0 aromatic heterocycles. The summed E-state index contributed by atoms with van der Waals surface area (Å²) < 4.78 is 23.5. The van der Waals surface area contributed by atoms with Crippen LogP contribution in [0.1, 0.15) is 63.2 Å². The van der Waals surface area contributed by atoms with Crippen molar-refractivity contribution in [3.8, 4) is 17.6 Å². The van der Waals surface area contributed by atoms with Crippen molar-refractivity contribution in [3.63, 3.8) is 0 Å². The Morgan fingerprint density at radius 1 is 0.792 bits per heavy atom. The first-order valence-corrected chi connectivity index (χ1v) is 23.9. The maximum absolute atomic E-state index is 16.5. The zero-order chi connectivity index (χ0) is 50.2. The number of aliphatic hydroxyl groups excluding tert-OH is 2. The number of carbonyl (C=O) groups excluding carboxylic acids is 4. The Hall–Kier alpha value is -7.64. The lowest BCUT2D eigenvalue weighted by atomic mass is 9.65. The van der Waals surface area contributed by atoms with Crippen molar-refractivity contribution in [2.75, 3.05) is 58.6 Å². The number of hydrogen-bond acceptors (Lipinski definition) is 12. The number of carbonyl (C=O) groups is 4. The average molecular weight is 969 g/mol. The normalized spacial score (nSPS) is 21.6. The number of esters is 1. The molecule has 0 radical (unpaired) electrons. The number of morpholine rings is 1. The van der Waals surface area contributed by atoms with Crippen LogP contribution in [0, 0.1) is 17.8 Å². The smallest absolute Gasteiger partial charge is 0.421 e. The molecule has 2 fully saturated rings. The van der Waals surface area contributed by atoms with Crippen LogP contribution in [0.3, 0.4) is 0 Å². The van der Waals surface area contributed by atoms with E-state index in [0.717, 1.165) is 16.0 Å². The number of benzene rings is 6. The Kier molecular flexibility index (Phi) is 15.2. The Morgan fingerprint density at radius 2 is 1.46 bits per heavy atom. The highest BCUT2D eigenvalue weighted by Crippen LogP contribution is 2.66. The summed E-state index contributed by atoms with van der Waals surface area (Å²) >= 11 is 0. The molecule has 0 bridgehead atoms. The van der Waals surface area contributed by atoms with E-state index >= 15 is 14.4 Å². The van der Waals surface area contributed by atoms with Crippen LogP contribution in [-0.2, 0) is 40.6 Å². The summed E-state index contributed by atoms with van der Waals surface area (Å²) in [4.78, 5) is 67.2. The lowest BCUT2D eigenvalue weighted by molar-refractivity contribution is -0.178. The largest absolute Gasteiger partial charge is 0.491 e. The number of amides is 3. The van der Waals surface area contributed by atoms with E-state index in [1.54, 1.807) is 66.7 Å². The number of ether oxygens (including phenoxy) is 4. The third kappa shape index (κ3) is 9.73. The molecule has 1 spiro atoms. The SMILES string of the molecule is COCCOC(=O)N1C(=O)[C@@]2(c3cc(C#CCN(C)Cc4ccccc4)ccc31)[C@H](C(=O)NC[C@H](O)c1ccccc1)[C@H]1C(=O)O[C@H](c3ccccc3)[C@H](c3ccccc3)N1[C@@H]2c1cccc(OCCO)c1. The Bertz CT molecular complexity index is 2930. The minimum atomic E-state index is -2.11. The van der Waals surface area contributed by atoms with Gasteiger partial charge in [-0.05, 0) is 70.8 Å². The van der Waals surface area contributed by atoms with Crippen molar-refractivity contribution < 1.29 is 48.3 Å². The molecule has 2 saturated heterocycles. The Balaban J connectivity index is 1.29. The highest BCUT2D eigenvalue weighted by molar-refractivity contribution is 6.23. The number of rotatable bonds is 16. The second-order valence-corrected chi connectivity index (χ2v) is 18.0. The molecule has 9 rings (SSSR count). The van der Waals surface area contributed by atoms with Gasteiger partial charge in [-0.2, -0.15) is 0 Å². The minimum Gasteiger partial charge on any atom is -0.491 e. The third-order valence-electron chi connectivity index (χ3n) is 13.5. The number of nitrogens with zero attached hydrogens (tertiary/aromatic N) is 3. The maximum Gasteiger partial charge on any atom is 0.421 e. The molecule has 14 nitrogen and oxygen atoms in total. The summed E-state index contributed by atoms with van der Waals surface area (Å²) in [5.41, 5.74) is 2.26. The molecule has 0 aliphatic carbocycles. The summed E-state index contributed by atoms with van der Waals surface area (Å²) in [6, 6.07) is 46.1. The van der Waals surface area contributed by atoms with E-state index < -0.39 is 65.5 Å². The van der Waals surface area contributed by atoms with Crippen LogP contribution in [0.2, 0.25) is 0 Å². The molecule has 6 aromatic carbocycles. The standard InChI is InChI=1S/C58H56N4O10/c1-60(38-40-17-7-3-8-18-40)30-16-19-39-28-29-47-46(35-39)58(56(67)61(47)57(68)71-34-33-69-2)49(54(65)59-37-48(64)41-20-9-4-10-21-41)51-55(66)72-52(43-24-13-6-14-25-43)50(42-22-11-5-12-23-42)62(51)53(58)44-26-15-27-45(36-44)70-32-31-63/h3-15,17-18,20-29,35-36,48-53,63-64H,30-34,37-38H2,1-2H3,(H,59,65)/t48-,49-,50-,51-,52+,53+,58-/m0/s1. The second kappa shape index (κ2) is 22.2. The van der Waals surface area contributed by atoms with E-state index in [2.05, 4.69) is 22.1 Å². The molecule has 72 heavy (non-hydrogen) atoms. The summed E-state index contributed by atoms with van der Waals surface area (Å²) in [5.74, 6) is 2.95. The molecule has 0 saturated carbocycles. The van der Waals surface area contributed by atoms with Gasteiger partial charge in [0.15, 0.2) is 0 Å². The molecule has 6 aromatic rings. The monoisotopic (exact) mass is 968 g/mol. The van der Waals surface area contributed by atoms with E-state index in [0.29, 0.717) is 41.1 Å². The predicted molar refractivity (Wildman–Crippen MR) is 268 cm³/mol. The summed E-state index contributed by atoms with van der Waals surface area (Å²) in [6.45, 7) is 0.281. The quantitative estimate of drug-likeness (QED) is 0.0526. The molecular weight excluding hydrogens is 913 g/mol. The number of anilines is 1. The van der Waals surface area contributed by atoms with Gasteiger partial charge < -0.3 is 34.5 Å². The number of imide groups is 1. The van der Waals surface area contributed by atoms with Crippen LogP contribution >= 0.6 is 0 Å². The third-order valence-corrected chi connectivity index (χ3v) is 13.5. The van der Waals surface area contributed by atoms with Crippen molar-refractivity contribution in [1.82, 2.24) is 15.1 Å². The zero-order valence-electron chi connectivity index (χ0n) is 40.0. The Morgan fingerprint density at radius 3 is 2.15 bits per heavy atom. The molecule has 3 amide bonds. The molecule has 0 unspecified atom stereocenters. The van der Waals surface area contributed by atoms with Gasteiger partial charge in [-0.1, -0.05) is 145 Å². The van der Waals surface area contributed by atoms with Crippen LogP contribution < -0.4 is 15.0 Å². The summed E-state index contributed by atoms with van der Waals surface area (Å²) in [7, 11) is 3.42. The number of methoxy groups -OCH3 is 1. The molecular formula is C58H56N4O10. The number of nitrogens with one attached hydrogen (secondary N) is 1. The van der Waals surface area contributed by atoms with Gasteiger partial charge in [0.1, 0.15) is 36.5 Å². The Labute approximate surface area is 418 Å². The zero-order valence-corrected chi connectivity index (χ0v) is 40.0. The van der Waals surface area contributed by atoms with Gasteiger partial charge in [-0.25, -0.2) is 9.69 Å². The van der Waals surface area contributed by atoms with Gasteiger partial charge in [0.05, 0.1) is 49.6 Å².